The Morgan fingerprint density at radius 2 is 1.97 bits per heavy atom. The molecule has 168 valence electrons. The largest absolute Gasteiger partial charge is 0.474 e. The van der Waals surface area contributed by atoms with E-state index in [2.05, 4.69) is 20.6 Å². The van der Waals surface area contributed by atoms with E-state index in [4.69, 9.17) is 4.74 Å². The van der Waals surface area contributed by atoms with Gasteiger partial charge in [-0.1, -0.05) is 17.3 Å². The summed E-state index contributed by atoms with van der Waals surface area (Å²) in [4.78, 5) is 16.8. The molecule has 32 heavy (non-hydrogen) atoms. The van der Waals surface area contributed by atoms with Crippen LogP contribution in [0.25, 0.3) is 5.69 Å². The number of hydrogen-bond donors (Lipinski definition) is 1. The Hall–Kier alpha value is -3.50. The number of ether oxygens (including phenoxy) is 1. The summed E-state index contributed by atoms with van der Waals surface area (Å²) >= 11 is 0. The molecule has 1 aliphatic rings. The Morgan fingerprint density at radius 1 is 1.19 bits per heavy atom. The number of aromatic nitrogens is 4. The number of carbonyl (C=O) groups is 1. The minimum atomic E-state index is -4.95. The zero-order chi connectivity index (χ0) is 22.7. The maximum Gasteiger partial charge on any atom is 0.435 e. The topological polar surface area (TPSA) is 81.9 Å². The normalized spacial score (nSPS) is 14.5. The molecule has 1 amide bonds. The highest BCUT2D eigenvalue weighted by molar-refractivity contribution is 5.93. The van der Waals surface area contributed by atoms with E-state index in [9.17, 15) is 22.4 Å². The van der Waals surface area contributed by atoms with Crippen molar-refractivity contribution in [2.24, 2.45) is 0 Å². The predicted molar refractivity (Wildman–Crippen MR) is 105 cm³/mol. The van der Waals surface area contributed by atoms with Gasteiger partial charge in [-0.2, -0.15) is 13.2 Å². The number of pyridine rings is 1. The molecule has 3 aromatic rings. The molecule has 0 aliphatic heterocycles. The van der Waals surface area contributed by atoms with E-state index in [1.807, 2.05) is 0 Å². The van der Waals surface area contributed by atoms with Gasteiger partial charge in [-0.3, -0.25) is 4.79 Å². The lowest BCUT2D eigenvalue weighted by atomic mass is 10.2. The lowest BCUT2D eigenvalue weighted by Crippen LogP contribution is -2.27. The Bertz CT molecular complexity index is 1110. The van der Waals surface area contributed by atoms with Crippen LogP contribution >= 0.6 is 0 Å². The molecule has 7 nitrogen and oxygen atoms in total. The van der Waals surface area contributed by atoms with Gasteiger partial charge in [-0.05, 0) is 49.9 Å². The zero-order valence-electron chi connectivity index (χ0n) is 16.8. The van der Waals surface area contributed by atoms with Crippen LogP contribution in [-0.2, 0) is 12.7 Å². The van der Waals surface area contributed by atoms with Crippen molar-refractivity contribution in [2.75, 3.05) is 0 Å². The van der Waals surface area contributed by atoms with E-state index < -0.39 is 29.3 Å². The Labute approximate surface area is 180 Å². The van der Waals surface area contributed by atoms with Gasteiger partial charge in [0, 0.05) is 18.3 Å². The highest BCUT2D eigenvalue weighted by Crippen LogP contribution is 2.33. The molecule has 1 saturated carbocycles. The third kappa shape index (κ3) is 4.71. The predicted octanol–water partition coefficient (Wildman–Crippen LogP) is 4.07. The quantitative estimate of drug-likeness (QED) is 0.574. The van der Waals surface area contributed by atoms with Crippen LogP contribution in [-0.4, -0.2) is 32.0 Å². The molecule has 4 rings (SSSR count). The summed E-state index contributed by atoms with van der Waals surface area (Å²) < 4.78 is 61.0. The summed E-state index contributed by atoms with van der Waals surface area (Å²) in [7, 11) is 0. The molecular weight excluding hydrogens is 430 g/mol. The lowest BCUT2D eigenvalue weighted by Gasteiger charge is -2.15. The van der Waals surface area contributed by atoms with Gasteiger partial charge in [0.25, 0.3) is 5.91 Å². The smallest absolute Gasteiger partial charge is 0.435 e. The van der Waals surface area contributed by atoms with Crippen molar-refractivity contribution in [3.05, 3.63) is 65.4 Å². The molecule has 11 heteroatoms. The first-order chi connectivity index (χ1) is 15.3. The van der Waals surface area contributed by atoms with Crippen molar-refractivity contribution in [3.8, 4) is 11.6 Å². The van der Waals surface area contributed by atoms with Gasteiger partial charge >= 0.3 is 6.18 Å². The van der Waals surface area contributed by atoms with Crippen LogP contribution in [0.3, 0.4) is 0 Å². The fourth-order valence-electron chi connectivity index (χ4n) is 3.57. The highest BCUT2D eigenvalue weighted by Gasteiger charge is 2.42. The molecule has 1 aromatic carbocycles. The van der Waals surface area contributed by atoms with E-state index >= 15 is 0 Å². The van der Waals surface area contributed by atoms with Crippen LogP contribution < -0.4 is 10.1 Å². The van der Waals surface area contributed by atoms with Gasteiger partial charge in [0.1, 0.15) is 11.9 Å². The van der Waals surface area contributed by atoms with E-state index in [0.29, 0.717) is 16.1 Å². The molecule has 1 N–H and O–H groups in total. The average molecular weight is 449 g/mol. The molecule has 2 heterocycles. The molecule has 0 atom stereocenters. The number of benzene rings is 1. The van der Waals surface area contributed by atoms with Crippen molar-refractivity contribution in [3.63, 3.8) is 0 Å². The van der Waals surface area contributed by atoms with Gasteiger partial charge < -0.3 is 10.1 Å². The van der Waals surface area contributed by atoms with Crippen LogP contribution in [0.2, 0.25) is 0 Å². The number of carbonyl (C=O) groups excluding carboxylic acids is 1. The summed E-state index contributed by atoms with van der Waals surface area (Å²) in [5, 5.41) is 9.28. The van der Waals surface area contributed by atoms with Gasteiger partial charge in [-0.15, -0.1) is 5.10 Å². The number of alkyl halides is 3. The third-order valence-electron chi connectivity index (χ3n) is 5.08. The maximum absolute atomic E-state index is 13.7. The zero-order valence-corrected chi connectivity index (χ0v) is 16.8. The molecular formula is C21H19F4N5O2. The van der Waals surface area contributed by atoms with Crippen LogP contribution in [0.1, 0.15) is 47.4 Å². The van der Waals surface area contributed by atoms with Gasteiger partial charge in [0.15, 0.2) is 11.4 Å². The Kier molecular flexibility index (Phi) is 6.06. The molecule has 1 aliphatic carbocycles. The molecule has 0 unspecified atom stereocenters. The van der Waals surface area contributed by atoms with E-state index in [1.165, 1.54) is 12.1 Å². The number of rotatable bonds is 6. The first-order valence-corrected chi connectivity index (χ1v) is 10.0. The minimum absolute atomic E-state index is 0.0300. The molecule has 0 radical (unpaired) electrons. The van der Waals surface area contributed by atoms with Crippen molar-refractivity contribution < 1.29 is 27.1 Å². The number of halogens is 4. The van der Waals surface area contributed by atoms with Gasteiger partial charge in [0.05, 0.1) is 5.69 Å². The number of amides is 1. The Balaban J connectivity index is 1.56. The number of nitrogens with zero attached hydrogens (tertiary/aromatic N) is 4. The number of hydrogen-bond acceptors (Lipinski definition) is 5. The van der Waals surface area contributed by atoms with Crippen LogP contribution in [0.15, 0.2) is 42.6 Å². The second-order valence-corrected chi connectivity index (χ2v) is 7.35. The monoisotopic (exact) mass is 449 g/mol. The van der Waals surface area contributed by atoms with Crippen LogP contribution in [0.4, 0.5) is 17.6 Å². The summed E-state index contributed by atoms with van der Waals surface area (Å²) in [5.41, 5.74) is -1.99. The molecule has 0 saturated heterocycles. The van der Waals surface area contributed by atoms with Crippen molar-refractivity contribution in [1.82, 2.24) is 25.3 Å². The second kappa shape index (κ2) is 8.93. The number of nitrogens with one attached hydrogen (secondary N) is 1. The lowest BCUT2D eigenvalue weighted by molar-refractivity contribution is -0.143. The molecule has 0 spiro atoms. The summed E-state index contributed by atoms with van der Waals surface area (Å²) in [6.07, 6.45) is 0.550. The maximum atomic E-state index is 13.7. The first kappa shape index (κ1) is 21.7. The van der Waals surface area contributed by atoms with Crippen molar-refractivity contribution in [2.45, 2.75) is 44.5 Å². The van der Waals surface area contributed by atoms with Crippen LogP contribution in [0.5, 0.6) is 5.88 Å². The fourth-order valence-corrected chi connectivity index (χ4v) is 3.57. The van der Waals surface area contributed by atoms with Crippen LogP contribution in [0, 0.1) is 5.82 Å². The second-order valence-electron chi connectivity index (χ2n) is 7.35. The van der Waals surface area contributed by atoms with Gasteiger partial charge in [0.2, 0.25) is 5.88 Å². The molecule has 1 fully saturated rings. The third-order valence-corrected chi connectivity index (χ3v) is 5.08. The first-order valence-electron chi connectivity index (χ1n) is 10.0. The van der Waals surface area contributed by atoms with Crippen molar-refractivity contribution >= 4 is 5.91 Å². The summed E-state index contributed by atoms with van der Waals surface area (Å²) in [6.45, 7) is -0.112. The summed E-state index contributed by atoms with van der Waals surface area (Å²) in [5.74, 6) is -1.49. The highest BCUT2D eigenvalue weighted by atomic mass is 19.4. The SMILES string of the molecule is O=C(NCc1cccnc1OC1CCCC1)c1nnn(-c2cccc(F)c2)c1C(F)(F)F. The molecule has 0 bridgehead atoms. The minimum Gasteiger partial charge on any atom is -0.474 e. The van der Waals surface area contributed by atoms with Crippen molar-refractivity contribution in [1.29, 1.82) is 0 Å². The summed E-state index contributed by atoms with van der Waals surface area (Å²) in [6, 6.07) is 7.74. The standard InChI is InChI=1S/C21H19F4N5O2/c22-14-6-3-7-15(11-14)30-18(21(23,24)25)17(28-29-30)19(31)27-12-13-5-4-10-26-20(13)32-16-8-1-2-9-16/h3-7,10-11,16H,1-2,8-9,12H2,(H,27,31). The Morgan fingerprint density at radius 3 is 2.69 bits per heavy atom. The fraction of sp³-hybridized carbons (Fsp3) is 0.333. The van der Waals surface area contributed by atoms with E-state index in [-0.39, 0.29) is 18.3 Å². The van der Waals surface area contributed by atoms with E-state index in [0.717, 1.165) is 37.8 Å². The average Bonchev–Trinajstić information content (AvgIpc) is 3.42. The molecule has 2 aromatic heterocycles. The van der Waals surface area contributed by atoms with E-state index in [1.54, 1.807) is 18.3 Å². The van der Waals surface area contributed by atoms with Gasteiger partial charge in [-0.25, -0.2) is 14.1 Å².